The van der Waals surface area contributed by atoms with Gasteiger partial charge in [-0.05, 0) is 22.9 Å². The van der Waals surface area contributed by atoms with E-state index in [1.54, 1.807) is 12.1 Å². The number of H-pyrrole nitrogens is 1. The fourth-order valence-electron chi connectivity index (χ4n) is 1.31. The van der Waals surface area contributed by atoms with Crippen LogP contribution in [0.2, 0.25) is 0 Å². The molecular formula is C11H10N6OS. The number of carbonyl (C=O) groups excluding carboxylic acids is 1. The van der Waals surface area contributed by atoms with Gasteiger partial charge >= 0.3 is 0 Å². The molecule has 1 heterocycles. The van der Waals surface area contributed by atoms with Crippen molar-refractivity contribution in [1.82, 2.24) is 20.6 Å². The van der Waals surface area contributed by atoms with Gasteiger partial charge in [0.15, 0.2) is 0 Å². The van der Waals surface area contributed by atoms with Crippen LogP contribution in [0.4, 0.5) is 5.95 Å². The third-order valence-corrected chi connectivity index (χ3v) is 3.19. The molecule has 7 nitrogen and oxygen atoms in total. The first-order valence-corrected chi connectivity index (χ1v) is 6.53. The molecule has 0 saturated heterocycles. The molecule has 0 atom stereocenters. The summed E-state index contributed by atoms with van der Waals surface area (Å²) in [6.07, 6.45) is 0. The van der Waals surface area contributed by atoms with Gasteiger partial charge in [0, 0.05) is 5.75 Å². The number of carbonyl (C=O) groups is 1. The highest BCUT2D eigenvalue weighted by Crippen LogP contribution is 2.13. The van der Waals surface area contributed by atoms with E-state index < -0.39 is 0 Å². The van der Waals surface area contributed by atoms with E-state index >= 15 is 0 Å². The lowest BCUT2D eigenvalue weighted by atomic mass is 10.2. The van der Waals surface area contributed by atoms with Crippen LogP contribution in [0.25, 0.3) is 0 Å². The molecule has 19 heavy (non-hydrogen) atoms. The molecule has 8 heteroatoms. The molecule has 0 aliphatic carbocycles. The van der Waals surface area contributed by atoms with Crippen LogP contribution >= 0.6 is 11.8 Å². The third kappa shape index (κ3) is 4.08. The van der Waals surface area contributed by atoms with Gasteiger partial charge in [-0.15, -0.1) is 16.9 Å². The van der Waals surface area contributed by atoms with E-state index in [9.17, 15) is 4.79 Å². The van der Waals surface area contributed by atoms with Crippen molar-refractivity contribution in [3.05, 3.63) is 35.4 Å². The molecule has 2 aromatic rings. The molecule has 1 aromatic heterocycles. The van der Waals surface area contributed by atoms with Gasteiger partial charge in [0.2, 0.25) is 5.91 Å². The zero-order chi connectivity index (χ0) is 13.5. The topological polar surface area (TPSA) is 107 Å². The van der Waals surface area contributed by atoms with Gasteiger partial charge in [0.25, 0.3) is 5.95 Å². The van der Waals surface area contributed by atoms with Gasteiger partial charge in [0.1, 0.15) is 0 Å². The Bertz CT molecular complexity index is 574. The van der Waals surface area contributed by atoms with Crippen LogP contribution in [0.15, 0.2) is 24.3 Å². The van der Waals surface area contributed by atoms with E-state index in [2.05, 4.69) is 32.0 Å². The molecule has 0 radical (unpaired) electrons. The molecule has 1 amide bonds. The van der Waals surface area contributed by atoms with Crippen molar-refractivity contribution in [1.29, 1.82) is 5.26 Å². The summed E-state index contributed by atoms with van der Waals surface area (Å²) in [7, 11) is 0. The van der Waals surface area contributed by atoms with E-state index in [1.807, 2.05) is 12.1 Å². The van der Waals surface area contributed by atoms with Gasteiger partial charge in [-0.3, -0.25) is 10.1 Å². The minimum atomic E-state index is -0.181. The Morgan fingerprint density at radius 2 is 2.21 bits per heavy atom. The van der Waals surface area contributed by atoms with Crippen LogP contribution in [0.3, 0.4) is 0 Å². The van der Waals surface area contributed by atoms with Crippen LogP contribution in [0.5, 0.6) is 0 Å². The highest BCUT2D eigenvalue weighted by molar-refractivity contribution is 7.99. The number of amides is 1. The quantitative estimate of drug-likeness (QED) is 0.840. The van der Waals surface area contributed by atoms with Crippen LogP contribution in [-0.2, 0) is 10.5 Å². The SMILES string of the molecule is N#Cc1ccc(CSCC(=O)Nc2nn[nH]n2)cc1. The smallest absolute Gasteiger partial charge is 0.269 e. The molecule has 0 aliphatic rings. The van der Waals surface area contributed by atoms with Crippen molar-refractivity contribution in [3.63, 3.8) is 0 Å². The maximum Gasteiger partial charge on any atom is 0.269 e. The number of nitrogens with zero attached hydrogens (tertiary/aromatic N) is 4. The minimum absolute atomic E-state index is 0.170. The number of aromatic amines is 1. The van der Waals surface area contributed by atoms with Gasteiger partial charge in [-0.1, -0.05) is 17.2 Å². The first-order valence-electron chi connectivity index (χ1n) is 5.38. The van der Waals surface area contributed by atoms with Crippen LogP contribution in [-0.4, -0.2) is 32.3 Å². The summed E-state index contributed by atoms with van der Waals surface area (Å²) in [5.74, 6) is 0.990. The van der Waals surface area contributed by atoms with Gasteiger partial charge in [-0.25, -0.2) is 0 Å². The number of nitrogens with one attached hydrogen (secondary N) is 2. The number of nitriles is 1. The monoisotopic (exact) mass is 274 g/mol. The van der Waals surface area contributed by atoms with Gasteiger partial charge < -0.3 is 0 Å². The summed E-state index contributed by atoms with van der Waals surface area (Å²) in [4.78, 5) is 11.5. The number of aromatic nitrogens is 4. The molecule has 2 N–H and O–H groups in total. The first-order chi connectivity index (χ1) is 9.28. The van der Waals surface area contributed by atoms with Crippen molar-refractivity contribution in [2.75, 3.05) is 11.1 Å². The Kier molecular flexibility index (Phi) is 4.47. The van der Waals surface area contributed by atoms with Crippen LogP contribution in [0.1, 0.15) is 11.1 Å². The largest absolute Gasteiger partial charge is 0.291 e. The zero-order valence-corrected chi connectivity index (χ0v) is 10.6. The third-order valence-electron chi connectivity index (χ3n) is 2.18. The molecule has 0 saturated carbocycles. The second-order valence-electron chi connectivity index (χ2n) is 3.59. The number of hydrogen-bond donors (Lipinski definition) is 2. The normalized spacial score (nSPS) is 9.84. The fraction of sp³-hybridized carbons (Fsp3) is 0.182. The number of thioether (sulfide) groups is 1. The van der Waals surface area contributed by atoms with Crippen LogP contribution < -0.4 is 5.32 Å². The summed E-state index contributed by atoms with van der Waals surface area (Å²) in [5.41, 5.74) is 1.69. The second-order valence-corrected chi connectivity index (χ2v) is 4.57. The van der Waals surface area contributed by atoms with E-state index in [1.165, 1.54) is 11.8 Å². The van der Waals surface area contributed by atoms with Crippen molar-refractivity contribution in [2.45, 2.75) is 5.75 Å². The first kappa shape index (κ1) is 13.0. The number of tetrazole rings is 1. The number of hydrogen-bond acceptors (Lipinski definition) is 6. The summed E-state index contributed by atoms with van der Waals surface area (Å²) >= 11 is 1.47. The number of benzene rings is 1. The average Bonchev–Trinajstić information content (AvgIpc) is 2.92. The van der Waals surface area contributed by atoms with E-state index in [0.717, 1.165) is 5.56 Å². The molecule has 0 fully saturated rings. The Morgan fingerprint density at radius 1 is 1.42 bits per heavy atom. The summed E-state index contributed by atoms with van der Waals surface area (Å²) in [5, 5.41) is 24.0. The van der Waals surface area contributed by atoms with Gasteiger partial charge in [-0.2, -0.15) is 10.5 Å². The highest BCUT2D eigenvalue weighted by Gasteiger charge is 2.05. The van der Waals surface area contributed by atoms with Gasteiger partial charge in [0.05, 0.1) is 17.4 Å². The molecule has 0 bridgehead atoms. The Labute approximate surface area is 113 Å². The second kappa shape index (κ2) is 6.51. The van der Waals surface area contributed by atoms with Crippen molar-refractivity contribution in [2.24, 2.45) is 0 Å². The van der Waals surface area contributed by atoms with E-state index in [0.29, 0.717) is 17.1 Å². The number of anilines is 1. The predicted molar refractivity (Wildman–Crippen MR) is 70.1 cm³/mol. The van der Waals surface area contributed by atoms with E-state index in [-0.39, 0.29) is 11.9 Å². The highest BCUT2D eigenvalue weighted by atomic mass is 32.2. The van der Waals surface area contributed by atoms with E-state index in [4.69, 9.17) is 5.26 Å². The summed E-state index contributed by atoms with van der Waals surface area (Å²) < 4.78 is 0. The Balaban J connectivity index is 1.74. The molecule has 96 valence electrons. The average molecular weight is 274 g/mol. The van der Waals surface area contributed by atoms with Crippen molar-refractivity contribution >= 4 is 23.6 Å². The maximum atomic E-state index is 11.5. The molecule has 0 unspecified atom stereocenters. The lowest BCUT2D eigenvalue weighted by molar-refractivity contribution is -0.113. The predicted octanol–water partition coefficient (Wildman–Crippen LogP) is 0.943. The zero-order valence-electron chi connectivity index (χ0n) is 9.83. The molecule has 1 aromatic carbocycles. The fourth-order valence-corrected chi connectivity index (χ4v) is 2.10. The lowest BCUT2D eigenvalue weighted by Crippen LogP contribution is -2.15. The standard InChI is InChI=1S/C11H10N6OS/c12-5-8-1-3-9(4-2-8)6-19-7-10(18)13-11-14-16-17-15-11/h1-4H,6-7H2,(H2,13,14,15,16,17,18). The maximum absolute atomic E-state index is 11.5. The molecule has 2 rings (SSSR count). The van der Waals surface area contributed by atoms with Crippen molar-refractivity contribution < 1.29 is 4.79 Å². The molecular weight excluding hydrogens is 264 g/mol. The van der Waals surface area contributed by atoms with Crippen molar-refractivity contribution in [3.8, 4) is 6.07 Å². The molecule has 0 aliphatic heterocycles. The van der Waals surface area contributed by atoms with Crippen LogP contribution in [0, 0.1) is 11.3 Å². The Morgan fingerprint density at radius 3 is 2.84 bits per heavy atom. The molecule has 0 spiro atoms. The summed E-state index contributed by atoms with van der Waals surface area (Å²) in [6, 6.07) is 9.33. The Hall–Kier alpha value is -2.40. The lowest BCUT2D eigenvalue weighted by Gasteiger charge is -2.02. The minimum Gasteiger partial charge on any atom is -0.291 e. The number of rotatable bonds is 5. The summed E-state index contributed by atoms with van der Waals surface area (Å²) in [6.45, 7) is 0.